The molecule has 2 heterocycles. The third-order valence-corrected chi connectivity index (χ3v) is 3.03. The number of hydrogen-bond donors (Lipinski definition) is 2. The number of nitrogens with zero attached hydrogens (tertiary/aromatic N) is 2. The molecule has 1 aliphatic heterocycles. The van der Waals surface area contributed by atoms with Crippen LogP contribution in [0.4, 0.5) is 5.82 Å². The summed E-state index contributed by atoms with van der Waals surface area (Å²) in [6.07, 6.45) is 6.68. The molecule has 0 spiro atoms. The molecule has 3 N–H and O–H groups in total. The van der Waals surface area contributed by atoms with E-state index in [-0.39, 0.29) is 12.4 Å². The lowest BCUT2D eigenvalue weighted by atomic mass is 10.1. The van der Waals surface area contributed by atoms with E-state index in [1.807, 2.05) is 6.07 Å². The zero-order valence-electron chi connectivity index (χ0n) is 10.6. The van der Waals surface area contributed by atoms with Crippen LogP contribution in [0.3, 0.4) is 0 Å². The molecule has 0 atom stereocenters. The van der Waals surface area contributed by atoms with Crippen LogP contribution in [0.1, 0.15) is 24.0 Å². The second-order valence-electron chi connectivity index (χ2n) is 4.47. The van der Waals surface area contributed by atoms with Gasteiger partial charge in [-0.3, -0.25) is 4.90 Å². The van der Waals surface area contributed by atoms with Crippen molar-refractivity contribution >= 4 is 30.3 Å². The second-order valence-corrected chi connectivity index (χ2v) is 4.47. The molecule has 5 nitrogen and oxygen atoms in total. The van der Waals surface area contributed by atoms with Crippen molar-refractivity contribution in [2.45, 2.75) is 19.4 Å². The summed E-state index contributed by atoms with van der Waals surface area (Å²) >= 11 is 0. The van der Waals surface area contributed by atoms with E-state index in [0.717, 1.165) is 36.8 Å². The summed E-state index contributed by atoms with van der Waals surface area (Å²) in [5.41, 5.74) is 7.57. The van der Waals surface area contributed by atoms with Gasteiger partial charge in [-0.25, -0.2) is 9.78 Å². The Morgan fingerprint density at radius 3 is 2.79 bits per heavy atom. The number of nitrogens with two attached hydrogens (primary N) is 1. The van der Waals surface area contributed by atoms with Crippen LogP contribution in [0.25, 0.3) is 6.08 Å². The number of pyridine rings is 1. The zero-order valence-corrected chi connectivity index (χ0v) is 11.4. The molecular formula is C13H18ClN3O2. The summed E-state index contributed by atoms with van der Waals surface area (Å²) in [4.78, 5) is 16.9. The number of hydrogen-bond acceptors (Lipinski definition) is 4. The van der Waals surface area contributed by atoms with Crippen molar-refractivity contribution in [3.8, 4) is 0 Å². The Labute approximate surface area is 118 Å². The first-order valence-corrected chi connectivity index (χ1v) is 6.03. The highest BCUT2D eigenvalue weighted by atomic mass is 35.5. The van der Waals surface area contributed by atoms with Gasteiger partial charge < -0.3 is 10.8 Å². The van der Waals surface area contributed by atoms with Crippen molar-refractivity contribution in [1.82, 2.24) is 9.88 Å². The van der Waals surface area contributed by atoms with Crippen LogP contribution in [-0.2, 0) is 11.3 Å². The summed E-state index contributed by atoms with van der Waals surface area (Å²) in [6.45, 7) is 2.97. The summed E-state index contributed by atoms with van der Waals surface area (Å²) in [5.74, 6) is -0.442. The van der Waals surface area contributed by atoms with E-state index in [1.165, 1.54) is 18.9 Å². The molecular weight excluding hydrogens is 266 g/mol. The molecule has 0 saturated carbocycles. The van der Waals surface area contributed by atoms with E-state index in [0.29, 0.717) is 5.82 Å². The number of likely N-dealkylation sites (tertiary alicyclic amines) is 1. The normalized spacial score (nSPS) is 15.6. The van der Waals surface area contributed by atoms with Gasteiger partial charge in [0.1, 0.15) is 5.82 Å². The third kappa shape index (κ3) is 4.54. The molecule has 2 rings (SSSR count). The fourth-order valence-corrected chi connectivity index (χ4v) is 2.11. The van der Waals surface area contributed by atoms with Crippen molar-refractivity contribution in [2.24, 2.45) is 0 Å². The Morgan fingerprint density at radius 1 is 1.47 bits per heavy atom. The molecule has 0 aromatic carbocycles. The zero-order chi connectivity index (χ0) is 13.0. The van der Waals surface area contributed by atoms with E-state index in [2.05, 4.69) is 9.88 Å². The fraction of sp³-hybridized carbons (Fsp3) is 0.385. The minimum absolute atomic E-state index is 0. The van der Waals surface area contributed by atoms with Crippen LogP contribution in [0.2, 0.25) is 0 Å². The monoisotopic (exact) mass is 283 g/mol. The van der Waals surface area contributed by atoms with Crippen LogP contribution in [0, 0.1) is 0 Å². The Balaban J connectivity index is 0.00000180. The number of aromatic nitrogens is 1. The number of carbonyl (C=O) groups is 1. The number of carboxylic acids is 1. The average Bonchev–Trinajstić information content (AvgIpc) is 2.83. The highest BCUT2D eigenvalue weighted by Gasteiger charge is 2.13. The molecule has 1 aromatic rings. The van der Waals surface area contributed by atoms with Gasteiger partial charge in [0.15, 0.2) is 0 Å². The highest BCUT2D eigenvalue weighted by molar-refractivity contribution is 5.85. The van der Waals surface area contributed by atoms with Crippen molar-refractivity contribution in [3.05, 3.63) is 29.5 Å². The van der Waals surface area contributed by atoms with Gasteiger partial charge in [-0.15, -0.1) is 12.4 Å². The van der Waals surface area contributed by atoms with Crippen molar-refractivity contribution < 1.29 is 9.90 Å². The van der Waals surface area contributed by atoms with Gasteiger partial charge in [0, 0.05) is 24.4 Å². The first-order chi connectivity index (χ1) is 8.65. The summed E-state index contributed by atoms with van der Waals surface area (Å²) in [7, 11) is 0. The van der Waals surface area contributed by atoms with E-state index in [4.69, 9.17) is 10.8 Å². The van der Waals surface area contributed by atoms with Crippen LogP contribution in [0.15, 0.2) is 18.3 Å². The van der Waals surface area contributed by atoms with Gasteiger partial charge in [0.05, 0.1) is 0 Å². The first kappa shape index (κ1) is 15.5. The van der Waals surface area contributed by atoms with Crippen molar-refractivity contribution in [2.75, 3.05) is 18.8 Å². The second kappa shape index (κ2) is 7.11. The number of aliphatic carboxylic acids is 1. The van der Waals surface area contributed by atoms with E-state index < -0.39 is 5.97 Å². The topological polar surface area (TPSA) is 79.4 Å². The Morgan fingerprint density at radius 2 is 2.16 bits per heavy atom. The predicted octanol–water partition coefficient (Wildman–Crippen LogP) is 1.78. The van der Waals surface area contributed by atoms with E-state index >= 15 is 0 Å². The molecule has 1 aromatic heterocycles. The molecule has 19 heavy (non-hydrogen) atoms. The molecule has 0 radical (unpaired) electrons. The maximum Gasteiger partial charge on any atom is 0.328 e. The van der Waals surface area contributed by atoms with Gasteiger partial charge in [-0.1, -0.05) is 0 Å². The molecule has 0 amide bonds. The lowest BCUT2D eigenvalue weighted by Gasteiger charge is -2.15. The molecule has 0 aliphatic carbocycles. The number of halogens is 1. The fourth-order valence-electron chi connectivity index (χ4n) is 2.11. The third-order valence-electron chi connectivity index (χ3n) is 3.03. The maximum atomic E-state index is 10.5. The highest BCUT2D eigenvalue weighted by Crippen LogP contribution is 2.17. The van der Waals surface area contributed by atoms with Crippen LogP contribution >= 0.6 is 12.4 Å². The minimum atomic E-state index is -0.965. The molecule has 1 saturated heterocycles. The van der Waals surface area contributed by atoms with Gasteiger partial charge >= 0.3 is 5.97 Å². The quantitative estimate of drug-likeness (QED) is 0.824. The largest absolute Gasteiger partial charge is 0.478 e. The Bertz CT molecular complexity index is 471. The van der Waals surface area contributed by atoms with E-state index in [9.17, 15) is 4.79 Å². The van der Waals surface area contributed by atoms with Crippen LogP contribution < -0.4 is 5.73 Å². The molecule has 0 unspecified atom stereocenters. The average molecular weight is 284 g/mol. The van der Waals surface area contributed by atoms with Gasteiger partial charge in [-0.2, -0.15) is 0 Å². The lowest BCUT2D eigenvalue weighted by molar-refractivity contribution is -0.131. The van der Waals surface area contributed by atoms with Gasteiger partial charge in [0.25, 0.3) is 0 Å². The number of rotatable bonds is 4. The van der Waals surface area contributed by atoms with E-state index in [1.54, 1.807) is 6.20 Å². The Hall–Kier alpha value is -1.59. The smallest absolute Gasteiger partial charge is 0.328 e. The summed E-state index contributed by atoms with van der Waals surface area (Å²) in [6, 6.07) is 1.90. The van der Waals surface area contributed by atoms with Gasteiger partial charge in [0.2, 0.25) is 0 Å². The maximum absolute atomic E-state index is 10.5. The van der Waals surface area contributed by atoms with Crippen LogP contribution in [0.5, 0.6) is 0 Å². The van der Waals surface area contributed by atoms with Gasteiger partial charge in [-0.05, 0) is 43.6 Å². The molecule has 1 fully saturated rings. The molecule has 1 aliphatic rings. The lowest BCUT2D eigenvalue weighted by Crippen LogP contribution is -2.19. The molecule has 6 heteroatoms. The van der Waals surface area contributed by atoms with Crippen molar-refractivity contribution in [1.29, 1.82) is 0 Å². The molecule has 0 bridgehead atoms. The number of anilines is 1. The van der Waals surface area contributed by atoms with Crippen LogP contribution in [-0.4, -0.2) is 34.0 Å². The SMILES string of the molecule is Cl.Nc1ncc(C=CC(=O)O)cc1CN1CCCC1. The number of carboxylic acid groups (broad SMARTS) is 1. The predicted molar refractivity (Wildman–Crippen MR) is 77.1 cm³/mol. The molecule has 104 valence electrons. The summed E-state index contributed by atoms with van der Waals surface area (Å²) < 4.78 is 0. The van der Waals surface area contributed by atoms with Crippen molar-refractivity contribution in [3.63, 3.8) is 0 Å². The Kier molecular flexibility index (Phi) is 5.79. The first-order valence-electron chi connectivity index (χ1n) is 6.03. The standard InChI is InChI=1S/C13H17N3O2.ClH/c14-13-11(9-16-5-1-2-6-16)7-10(8-15-13)3-4-12(17)18;/h3-4,7-8H,1-2,5-6,9H2,(H2,14,15)(H,17,18);1H. The minimum Gasteiger partial charge on any atom is -0.478 e. The summed E-state index contributed by atoms with van der Waals surface area (Å²) in [5, 5.41) is 8.59. The number of nitrogen functional groups attached to an aromatic ring is 1.